The number of benzene rings is 1. The molecule has 3 N–H and O–H groups in total. The Labute approximate surface area is 111 Å². The van der Waals surface area contributed by atoms with Crippen LogP contribution in [0.1, 0.15) is 24.8 Å². The number of halogens is 2. The summed E-state index contributed by atoms with van der Waals surface area (Å²) in [6.07, 6.45) is 2.63. The second-order valence-electron chi connectivity index (χ2n) is 4.98. The van der Waals surface area contributed by atoms with E-state index in [0.717, 1.165) is 31.4 Å². The normalized spacial score (nSPS) is 22.5. The molecule has 0 spiro atoms. The molecule has 0 saturated heterocycles. The van der Waals surface area contributed by atoms with Gasteiger partial charge in [-0.25, -0.2) is 8.78 Å². The average molecular weight is 268 g/mol. The second-order valence-corrected chi connectivity index (χ2v) is 4.98. The van der Waals surface area contributed by atoms with Crippen molar-refractivity contribution < 1.29 is 13.6 Å². The maximum atomic E-state index is 13.4. The third kappa shape index (κ3) is 3.29. The van der Waals surface area contributed by atoms with E-state index in [9.17, 15) is 13.6 Å². The SMILES string of the molecule is NCC1CCCC1NC(=O)Cc1c(F)cccc1F. The molecule has 1 aromatic rings. The van der Waals surface area contributed by atoms with Gasteiger partial charge < -0.3 is 11.1 Å². The Morgan fingerprint density at radius 3 is 2.63 bits per heavy atom. The number of nitrogens with two attached hydrogens (primary N) is 1. The fourth-order valence-electron chi connectivity index (χ4n) is 2.63. The van der Waals surface area contributed by atoms with Crippen LogP contribution in [-0.4, -0.2) is 18.5 Å². The lowest BCUT2D eigenvalue weighted by Gasteiger charge is -2.19. The Bertz CT molecular complexity index is 445. The zero-order chi connectivity index (χ0) is 13.8. The largest absolute Gasteiger partial charge is 0.353 e. The van der Waals surface area contributed by atoms with Gasteiger partial charge in [0.2, 0.25) is 5.91 Å². The monoisotopic (exact) mass is 268 g/mol. The van der Waals surface area contributed by atoms with E-state index in [4.69, 9.17) is 5.73 Å². The van der Waals surface area contributed by atoms with Gasteiger partial charge in [-0.05, 0) is 37.4 Å². The maximum absolute atomic E-state index is 13.4. The summed E-state index contributed by atoms with van der Waals surface area (Å²) in [6.45, 7) is 0.527. The van der Waals surface area contributed by atoms with E-state index in [1.54, 1.807) is 0 Å². The molecule has 1 aromatic carbocycles. The van der Waals surface area contributed by atoms with Crippen molar-refractivity contribution >= 4 is 5.91 Å². The van der Waals surface area contributed by atoms with E-state index < -0.39 is 11.6 Å². The van der Waals surface area contributed by atoms with Crippen LogP contribution in [0.5, 0.6) is 0 Å². The average Bonchev–Trinajstić information content (AvgIpc) is 2.81. The van der Waals surface area contributed by atoms with Crippen LogP contribution in [0, 0.1) is 17.6 Å². The summed E-state index contributed by atoms with van der Waals surface area (Å²) < 4.78 is 26.9. The predicted octanol–water partition coefficient (Wildman–Crippen LogP) is 1.75. The summed E-state index contributed by atoms with van der Waals surface area (Å²) in [4.78, 5) is 11.8. The van der Waals surface area contributed by atoms with Crippen LogP contribution >= 0.6 is 0 Å². The number of hydrogen-bond donors (Lipinski definition) is 2. The molecule has 104 valence electrons. The molecule has 1 amide bonds. The summed E-state index contributed by atoms with van der Waals surface area (Å²) in [5.41, 5.74) is 5.45. The van der Waals surface area contributed by atoms with Crippen molar-refractivity contribution in [1.29, 1.82) is 0 Å². The van der Waals surface area contributed by atoms with Crippen molar-refractivity contribution in [2.75, 3.05) is 6.54 Å². The van der Waals surface area contributed by atoms with Crippen LogP contribution in [0.25, 0.3) is 0 Å². The molecular weight excluding hydrogens is 250 g/mol. The molecule has 1 aliphatic carbocycles. The third-order valence-electron chi connectivity index (χ3n) is 3.71. The molecule has 0 heterocycles. The van der Waals surface area contributed by atoms with Crippen LogP contribution in [0.3, 0.4) is 0 Å². The van der Waals surface area contributed by atoms with Crippen molar-refractivity contribution in [2.45, 2.75) is 31.7 Å². The standard InChI is InChI=1S/C14H18F2N2O/c15-11-4-2-5-12(16)10(11)7-14(19)18-13-6-1-3-9(13)8-17/h2,4-5,9,13H,1,3,6-8,17H2,(H,18,19). The highest BCUT2D eigenvalue weighted by atomic mass is 19.1. The summed E-state index contributed by atoms with van der Waals surface area (Å²) in [6, 6.07) is 3.63. The van der Waals surface area contributed by atoms with Crippen LogP contribution < -0.4 is 11.1 Å². The number of rotatable bonds is 4. The highest BCUT2D eigenvalue weighted by molar-refractivity contribution is 5.79. The Hall–Kier alpha value is -1.49. The summed E-state index contributed by atoms with van der Waals surface area (Å²) in [7, 11) is 0. The Kier molecular flexibility index (Phi) is 4.47. The summed E-state index contributed by atoms with van der Waals surface area (Å²) in [5.74, 6) is -1.45. The van der Waals surface area contributed by atoms with E-state index in [1.165, 1.54) is 6.07 Å². The first-order valence-electron chi connectivity index (χ1n) is 6.54. The van der Waals surface area contributed by atoms with Gasteiger partial charge in [0, 0.05) is 11.6 Å². The molecule has 5 heteroatoms. The number of amides is 1. The van der Waals surface area contributed by atoms with Gasteiger partial charge >= 0.3 is 0 Å². The van der Waals surface area contributed by atoms with Crippen LogP contribution in [0.15, 0.2) is 18.2 Å². The van der Waals surface area contributed by atoms with E-state index in [1.807, 2.05) is 0 Å². The highest BCUT2D eigenvalue weighted by Crippen LogP contribution is 2.24. The van der Waals surface area contributed by atoms with Gasteiger partial charge in [-0.1, -0.05) is 12.5 Å². The minimum atomic E-state index is -0.683. The first kappa shape index (κ1) is 13.9. The van der Waals surface area contributed by atoms with E-state index >= 15 is 0 Å². The van der Waals surface area contributed by atoms with Crippen molar-refractivity contribution in [2.24, 2.45) is 11.7 Å². The summed E-state index contributed by atoms with van der Waals surface area (Å²) in [5, 5.41) is 2.83. The van der Waals surface area contributed by atoms with Crippen molar-refractivity contribution in [1.82, 2.24) is 5.32 Å². The van der Waals surface area contributed by atoms with Crippen molar-refractivity contribution in [3.05, 3.63) is 35.4 Å². The first-order chi connectivity index (χ1) is 9.11. The lowest BCUT2D eigenvalue weighted by molar-refractivity contribution is -0.121. The maximum Gasteiger partial charge on any atom is 0.224 e. The predicted molar refractivity (Wildman–Crippen MR) is 68.4 cm³/mol. The Morgan fingerprint density at radius 1 is 1.32 bits per heavy atom. The zero-order valence-corrected chi connectivity index (χ0v) is 10.7. The molecule has 1 saturated carbocycles. The van der Waals surface area contributed by atoms with Gasteiger partial charge in [-0.2, -0.15) is 0 Å². The molecule has 2 rings (SSSR count). The molecule has 3 nitrogen and oxygen atoms in total. The van der Waals surface area contributed by atoms with Gasteiger partial charge in [0.1, 0.15) is 11.6 Å². The van der Waals surface area contributed by atoms with Gasteiger partial charge in [-0.3, -0.25) is 4.79 Å². The second kappa shape index (κ2) is 6.10. The summed E-state index contributed by atoms with van der Waals surface area (Å²) >= 11 is 0. The van der Waals surface area contributed by atoms with Crippen LogP contribution in [0.2, 0.25) is 0 Å². The molecule has 19 heavy (non-hydrogen) atoms. The number of carbonyl (C=O) groups is 1. The Balaban J connectivity index is 1.98. The fraction of sp³-hybridized carbons (Fsp3) is 0.500. The highest BCUT2D eigenvalue weighted by Gasteiger charge is 2.27. The van der Waals surface area contributed by atoms with Gasteiger partial charge in [0.25, 0.3) is 0 Å². The molecule has 1 aliphatic rings. The molecule has 2 atom stereocenters. The van der Waals surface area contributed by atoms with Crippen LogP contribution in [0.4, 0.5) is 8.78 Å². The zero-order valence-electron chi connectivity index (χ0n) is 10.7. The van der Waals surface area contributed by atoms with Gasteiger partial charge in [0.05, 0.1) is 6.42 Å². The molecular formula is C14H18F2N2O. The quantitative estimate of drug-likeness (QED) is 0.874. The number of hydrogen-bond acceptors (Lipinski definition) is 2. The number of nitrogens with one attached hydrogen (secondary N) is 1. The van der Waals surface area contributed by atoms with Gasteiger partial charge in [0.15, 0.2) is 0 Å². The first-order valence-corrected chi connectivity index (χ1v) is 6.54. The molecule has 0 aromatic heterocycles. The molecule has 2 unspecified atom stereocenters. The van der Waals surface area contributed by atoms with Crippen molar-refractivity contribution in [3.8, 4) is 0 Å². The smallest absolute Gasteiger partial charge is 0.224 e. The van der Waals surface area contributed by atoms with E-state index in [0.29, 0.717) is 6.54 Å². The topological polar surface area (TPSA) is 55.1 Å². The fourth-order valence-corrected chi connectivity index (χ4v) is 2.63. The minimum Gasteiger partial charge on any atom is -0.353 e. The lowest BCUT2D eigenvalue weighted by Crippen LogP contribution is -2.40. The van der Waals surface area contributed by atoms with Crippen molar-refractivity contribution in [3.63, 3.8) is 0 Å². The third-order valence-corrected chi connectivity index (χ3v) is 3.71. The van der Waals surface area contributed by atoms with E-state index in [2.05, 4.69) is 5.32 Å². The Morgan fingerprint density at radius 2 is 2.00 bits per heavy atom. The van der Waals surface area contributed by atoms with Gasteiger partial charge in [-0.15, -0.1) is 0 Å². The molecule has 0 aliphatic heterocycles. The molecule has 1 fully saturated rings. The lowest BCUT2D eigenvalue weighted by atomic mass is 10.0. The molecule has 0 radical (unpaired) electrons. The number of carbonyl (C=O) groups excluding carboxylic acids is 1. The minimum absolute atomic E-state index is 0.0346. The van der Waals surface area contributed by atoms with E-state index in [-0.39, 0.29) is 29.9 Å². The van der Waals surface area contributed by atoms with Crippen LogP contribution in [-0.2, 0) is 11.2 Å². The molecule has 0 bridgehead atoms.